The lowest BCUT2D eigenvalue weighted by Crippen LogP contribution is -2.34. The van der Waals surface area contributed by atoms with Crippen molar-refractivity contribution in [3.05, 3.63) is 59.7 Å². The fourth-order valence-electron chi connectivity index (χ4n) is 4.06. The topological polar surface area (TPSA) is 90.0 Å². The molecule has 1 heterocycles. The molecule has 0 aromatic heterocycles. The van der Waals surface area contributed by atoms with Gasteiger partial charge in [0.2, 0.25) is 11.8 Å². The Kier molecular flexibility index (Phi) is 6.48. The molecule has 0 N–H and O–H groups in total. The van der Waals surface area contributed by atoms with Crippen molar-refractivity contribution in [3.63, 3.8) is 0 Å². The lowest BCUT2D eigenvalue weighted by atomic mass is 9.81. The summed E-state index contributed by atoms with van der Waals surface area (Å²) in [5.41, 5.74) is 0.882. The second-order valence-electron chi connectivity index (χ2n) is 7.68. The van der Waals surface area contributed by atoms with Crippen LogP contribution in [0.25, 0.3) is 0 Å². The first-order chi connectivity index (χ1) is 15.3. The van der Waals surface area contributed by atoms with Crippen molar-refractivity contribution in [1.82, 2.24) is 0 Å². The van der Waals surface area contributed by atoms with Crippen LogP contribution in [-0.4, -0.2) is 40.5 Å². The Morgan fingerprint density at radius 1 is 0.875 bits per heavy atom. The third-order valence-electron chi connectivity index (χ3n) is 5.74. The van der Waals surface area contributed by atoms with Crippen molar-refractivity contribution >= 4 is 61.3 Å². The zero-order valence-corrected chi connectivity index (χ0v) is 20.2. The van der Waals surface area contributed by atoms with Crippen molar-refractivity contribution in [1.29, 1.82) is 0 Å². The van der Waals surface area contributed by atoms with E-state index >= 15 is 0 Å². The van der Waals surface area contributed by atoms with Crippen LogP contribution in [0.1, 0.15) is 33.6 Å². The van der Waals surface area contributed by atoms with E-state index < -0.39 is 11.9 Å². The molecular formula is C23H19Br2NO6. The summed E-state index contributed by atoms with van der Waals surface area (Å²) < 4.78 is 10.0. The van der Waals surface area contributed by atoms with Crippen LogP contribution >= 0.6 is 31.9 Å². The molecule has 4 atom stereocenters. The van der Waals surface area contributed by atoms with Crippen molar-refractivity contribution < 1.29 is 28.7 Å². The van der Waals surface area contributed by atoms with Gasteiger partial charge in [-0.2, -0.15) is 0 Å². The van der Waals surface area contributed by atoms with Gasteiger partial charge in [-0.15, -0.1) is 0 Å². The number of hydrogen-bond acceptors (Lipinski definition) is 6. The lowest BCUT2D eigenvalue weighted by molar-refractivity contribution is -0.122. The van der Waals surface area contributed by atoms with Crippen molar-refractivity contribution in [2.75, 3.05) is 12.0 Å². The van der Waals surface area contributed by atoms with E-state index in [1.807, 2.05) is 0 Å². The molecule has 2 aliphatic rings. The van der Waals surface area contributed by atoms with Gasteiger partial charge in [-0.3, -0.25) is 14.5 Å². The zero-order valence-electron chi connectivity index (χ0n) is 17.0. The van der Waals surface area contributed by atoms with E-state index in [1.165, 1.54) is 42.3 Å². The summed E-state index contributed by atoms with van der Waals surface area (Å²) in [6, 6.07) is 12.2. The van der Waals surface area contributed by atoms with E-state index in [-0.39, 0.29) is 44.6 Å². The summed E-state index contributed by atoms with van der Waals surface area (Å²) >= 11 is 7.15. The number of imide groups is 1. The SMILES string of the molecule is COC(=O)c1ccc(OC(=O)c2cccc(N3C(=O)[C@H]4C[C@@H](Br)[C@@H](Br)C[C@H]4C3=O)c2)cc1. The van der Waals surface area contributed by atoms with E-state index in [0.29, 0.717) is 24.1 Å². The van der Waals surface area contributed by atoms with Crippen LogP contribution in [0.2, 0.25) is 0 Å². The Bertz CT molecular complexity index is 1060. The Morgan fingerprint density at radius 2 is 1.47 bits per heavy atom. The number of rotatable bonds is 4. The molecule has 4 rings (SSSR count). The zero-order chi connectivity index (χ0) is 23.0. The fourth-order valence-corrected chi connectivity index (χ4v) is 5.30. The summed E-state index contributed by atoms with van der Waals surface area (Å²) in [6.45, 7) is 0. The first-order valence-corrected chi connectivity index (χ1v) is 11.8. The largest absolute Gasteiger partial charge is 0.465 e. The number of ether oxygens (including phenoxy) is 2. The summed E-state index contributed by atoms with van der Waals surface area (Å²) in [5, 5.41) is 0. The Morgan fingerprint density at radius 3 is 2.03 bits per heavy atom. The molecule has 166 valence electrons. The third-order valence-corrected chi connectivity index (χ3v) is 8.47. The van der Waals surface area contributed by atoms with Gasteiger partial charge in [0.25, 0.3) is 0 Å². The van der Waals surface area contributed by atoms with Gasteiger partial charge < -0.3 is 9.47 Å². The average molecular weight is 565 g/mol. The maximum atomic E-state index is 13.0. The van der Waals surface area contributed by atoms with E-state index in [2.05, 4.69) is 36.6 Å². The first-order valence-electron chi connectivity index (χ1n) is 9.96. The molecular weight excluding hydrogens is 546 g/mol. The molecule has 1 aliphatic carbocycles. The molecule has 0 radical (unpaired) electrons. The van der Waals surface area contributed by atoms with Gasteiger partial charge in [-0.1, -0.05) is 37.9 Å². The molecule has 7 nitrogen and oxygen atoms in total. The molecule has 0 spiro atoms. The highest BCUT2D eigenvalue weighted by molar-refractivity contribution is 9.12. The van der Waals surface area contributed by atoms with Crippen LogP contribution in [0.15, 0.2) is 48.5 Å². The van der Waals surface area contributed by atoms with E-state index in [9.17, 15) is 19.2 Å². The van der Waals surface area contributed by atoms with Gasteiger partial charge in [0.1, 0.15) is 5.75 Å². The van der Waals surface area contributed by atoms with Crippen molar-refractivity contribution in [2.45, 2.75) is 22.5 Å². The number of carbonyl (C=O) groups is 4. The Balaban J connectivity index is 1.52. The maximum Gasteiger partial charge on any atom is 0.343 e. The van der Waals surface area contributed by atoms with Gasteiger partial charge in [0.15, 0.2) is 0 Å². The van der Waals surface area contributed by atoms with E-state index in [1.54, 1.807) is 18.2 Å². The van der Waals surface area contributed by atoms with Gasteiger partial charge in [-0.25, -0.2) is 9.59 Å². The highest BCUT2D eigenvalue weighted by atomic mass is 79.9. The summed E-state index contributed by atoms with van der Waals surface area (Å²) in [5.74, 6) is -2.11. The van der Waals surface area contributed by atoms with E-state index in [4.69, 9.17) is 4.74 Å². The third kappa shape index (κ3) is 4.23. The quantitative estimate of drug-likeness (QED) is 0.240. The number of alkyl halides is 2. The molecule has 32 heavy (non-hydrogen) atoms. The second kappa shape index (κ2) is 9.15. The molecule has 9 heteroatoms. The molecule has 1 saturated heterocycles. The number of halogens is 2. The smallest absolute Gasteiger partial charge is 0.343 e. The number of methoxy groups -OCH3 is 1. The van der Waals surface area contributed by atoms with Crippen LogP contribution in [0.4, 0.5) is 5.69 Å². The number of esters is 2. The Labute approximate surface area is 201 Å². The summed E-state index contributed by atoms with van der Waals surface area (Å²) in [4.78, 5) is 51.6. The van der Waals surface area contributed by atoms with Gasteiger partial charge in [0, 0.05) is 9.65 Å². The standard InChI is InChI=1S/C23H19Br2NO6/c1-31-22(29)12-5-7-15(8-6-12)32-23(30)13-3-2-4-14(9-13)26-20(27)16-10-18(24)19(25)11-17(16)21(26)28/h2-9,16-19H,10-11H2,1H3/t16-,17+,18+,19-. The lowest BCUT2D eigenvalue weighted by Gasteiger charge is -2.29. The first kappa shape index (κ1) is 22.7. The van der Waals surface area contributed by atoms with Crippen LogP contribution in [0.3, 0.4) is 0 Å². The Hall–Kier alpha value is -2.52. The monoisotopic (exact) mass is 563 g/mol. The number of amides is 2. The summed E-state index contributed by atoms with van der Waals surface area (Å²) in [6.07, 6.45) is 1.15. The molecule has 2 aromatic rings. The normalized spacial score (nSPS) is 24.8. The van der Waals surface area contributed by atoms with Crippen LogP contribution in [0, 0.1) is 11.8 Å². The number of fused-ring (bicyclic) bond motifs is 1. The molecule has 2 fully saturated rings. The number of carbonyl (C=O) groups excluding carboxylic acids is 4. The molecule has 2 amide bonds. The van der Waals surface area contributed by atoms with Gasteiger partial charge in [-0.05, 0) is 55.3 Å². The predicted octanol–water partition coefficient (Wildman–Crippen LogP) is 4.12. The van der Waals surface area contributed by atoms with E-state index in [0.717, 1.165) is 0 Å². The maximum absolute atomic E-state index is 13.0. The van der Waals surface area contributed by atoms with Crippen molar-refractivity contribution in [2.24, 2.45) is 11.8 Å². The van der Waals surface area contributed by atoms with Crippen molar-refractivity contribution in [3.8, 4) is 5.75 Å². The second-order valence-corrected chi connectivity index (χ2v) is 10.0. The van der Waals surface area contributed by atoms with Gasteiger partial charge >= 0.3 is 11.9 Å². The minimum Gasteiger partial charge on any atom is -0.465 e. The number of benzene rings is 2. The number of hydrogen-bond donors (Lipinski definition) is 0. The summed E-state index contributed by atoms with van der Waals surface area (Å²) in [7, 11) is 1.28. The molecule has 1 saturated carbocycles. The average Bonchev–Trinajstić information content (AvgIpc) is 3.03. The fraction of sp³-hybridized carbons (Fsp3) is 0.304. The number of anilines is 1. The van der Waals surface area contributed by atoms with Gasteiger partial charge in [0.05, 0.1) is 35.8 Å². The molecule has 1 aliphatic heterocycles. The minimum atomic E-state index is -0.643. The minimum absolute atomic E-state index is 0.118. The molecule has 2 aromatic carbocycles. The predicted molar refractivity (Wildman–Crippen MR) is 123 cm³/mol. The molecule has 0 unspecified atom stereocenters. The molecule has 0 bridgehead atoms. The van der Waals surface area contributed by atoms with Crippen LogP contribution in [0.5, 0.6) is 5.75 Å². The van der Waals surface area contributed by atoms with Crippen LogP contribution in [-0.2, 0) is 14.3 Å². The number of nitrogens with zero attached hydrogens (tertiary/aromatic N) is 1. The van der Waals surface area contributed by atoms with Crippen LogP contribution < -0.4 is 9.64 Å². The highest BCUT2D eigenvalue weighted by Crippen LogP contribution is 2.44. The highest BCUT2D eigenvalue weighted by Gasteiger charge is 2.52.